The summed E-state index contributed by atoms with van der Waals surface area (Å²) < 4.78 is 7.25. The van der Waals surface area contributed by atoms with Crippen molar-refractivity contribution in [3.63, 3.8) is 0 Å². The maximum atomic E-state index is 11.3. The van der Waals surface area contributed by atoms with Gasteiger partial charge in [0.25, 0.3) is 0 Å². The molecule has 0 saturated heterocycles. The van der Waals surface area contributed by atoms with Gasteiger partial charge in [-0.1, -0.05) is 65.5 Å². The summed E-state index contributed by atoms with van der Waals surface area (Å²) in [5.74, 6) is 0.146. The third-order valence-electron chi connectivity index (χ3n) is 5.59. The molecule has 1 aromatic heterocycles. The van der Waals surface area contributed by atoms with Crippen LogP contribution in [0.5, 0.6) is 5.75 Å². The van der Waals surface area contributed by atoms with Gasteiger partial charge >= 0.3 is 0 Å². The van der Waals surface area contributed by atoms with Gasteiger partial charge in [-0.2, -0.15) is 0 Å². The van der Waals surface area contributed by atoms with Gasteiger partial charge in [-0.05, 0) is 54.7 Å². The van der Waals surface area contributed by atoms with Gasteiger partial charge in [0.1, 0.15) is 5.75 Å². The van der Waals surface area contributed by atoms with Crippen LogP contribution in [0.15, 0.2) is 65.1 Å². The molecule has 1 aliphatic carbocycles. The molecule has 30 heavy (non-hydrogen) atoms. The molecule has 1 fully saturated rings. The number of nitrogens with zero attached hydrogens (tertiary/aromatic N) is 1. The maximum absolute atomic E-state index is 11.3. The second-order valence-corrected chi connectivity index (χ2v) is 8.61. The van der Waals surface area contributed by atoms with E-state index in [0.29, 0.717) is 11.6 Å². The fourth-order valence-corrected chi connectivity index (χ4v) is 4.40. The Morgan fingerprint density at radius 3 is 2.50 bits per heavy atom. The molecule has 0 spiro atoms. The number of carboxylic acid groups (broad SMARTS) is 1. The van der Waals surface area contributed by atoms with Crippen molar-refractivity contribution in [2.45, 2.75) is 32.1 Å². The van der Waals surface area contributed by atoms with Crippen LogP contribution >= 0.6 is 15.9 Å². The molecule has 4 rings (SSSR count). The molecule has 5 heteroatoms. The van der Waals surface area contributed by atoms with E-state index in [9.17, 15) is 9.90 Å². The Kier molecular flexibility index (Phi) is 6.48. The molecule has 154 valence electrons. The first-order valence-corrected chi connectivity index (χ1v) is 11.1. The lowest BCUT2D eigenvalue weighted by atomic mass is 9.90. The van der Waals surface area contributed by atoms with E-state index in [1.165, 1.54) is 38.2 Å². The van der Waals surface area contributed by atoms with Crippen molar-refractivity contribution >= 4 is 21.9 Å². The molecule has 0 amide bonds. The van der Waals surface area contributed by atoms with Crippen LogP contribution in [0.25, 0.3) is 22.4 Å². The number of benzene rings is 2. The Morgan fingerprint density at radius 1 is 0.967 bits per heavy atom. The summed E-state index contributed by atoms with van der Waals surface area (Å²) in [4.78, 5) is 15.6. The molecule has 3 aromatic rings. The summed E-state index contributed by atoms with van der Waals surface area (Å²) in [7, 11) is 0. The minimum Gasteiger partial charge on any atom is -0.543 e. The van der Waals surface area contributed by atoms with Crippen LogP contribution in [0.3, 0.4) is 0 Å². The molecule has 0 aliphatic heterocycles. The topological polar surface area (TPSA) is 62.2 Å². The Morgan fingerprint density at radius 2 is 1.73 bits per heavy atom. The lowest BCUT2D eigenvalue weighted by molar-refractivity contribution is -0.255. The molecule has 2 aromatic carbocycles. The molecule has 1 aliphatic rings. The zero-order valence-electron chi connectivity index (χ0n) is 16.6. The lowest BCUT2D eigenvalue weighted by Crippen LogP contribution is -2.23. The standard InChI is InChI=1S/C25H24BrNO3/c26-18-13-14-24(30-16-17-7-2-1-3-8-17)21(15-18)19-9-4-5-10-20(19)22-11-6-12-23(27-22)25(28)29/h4-6,9-15,17H,1-3,7-8,16H2,(H,28,29)/p-1. The van der Waals surface area contributed by atoms with E-state index >= 15 is 0 Å². The number of halogens is 1. The Labute approximate surface area is 185 Å². The van der Waals surface area contributed by atoms with E-state index in [2.05, 4.69) is 20.9 Å². The van der Waals surface area contributed by atoms with Gasteiger partial charge in [0.2, 0.25) is 0 Å². The van der Waals surface area contributed by atoms with Crippen molar-refractivity contribution in [2.75, 3.05) is 6.61 Å². The molecule has 0 unspecified atom stereocenters. The van der Waals surface area contributed by atoms with Gasteiger partial charge in [0, 0.05) is 15.6 Å². The lowest BCUT2D eigenvalue weighted by Gasteiger charge is -2.23. The third-order valence-corrected chi connectivity index (χ3v) is 6.09. The molecular weight excluding hydrogens is 442 g/mol. The number of rotatable bonds is 6. The monoisotopic (exact) mass is 464 g/mol. The van der Waals surface area contributed by atoms with Crippen molar-refractivity contribution < 1.29 is 14.6 Å². The number of aromatic carboxylic acids is 1. The third kappa shape index (κ3) is 4.73. The minimum atomic E-state index is -1.28. The van der Waals surface area contributed by atoms with Crippen LogP contribution in [0.1, 0.15) is 42.6 Å². The van der Waals surface area contributed by atoms with E-state index in [-0.39, 0.29) is 5.69 Å². The second kappa shape index (κ2) is 9.43. The number of aromatic nitrogens is 1. The zero-order valence-corrected chi connectivity index (χ0v) is 18.2. The quantitative estimate of drug-likeness (QED) is 0.482. The van der Waals surface area contributed by atoms with Crippen LogP contribution in [0, 0.1) is 5.92 Å². The maximum Gasteiger partial charge on any atom is 0.127 e. The van der Waals surface area contributed by atoms with Gasteiger partial charge in [-0.3, -0.25) is 0 Å². The fraction of sp³-hybridized carbons (Fsp3) is 0.280. The van der Waals surface area contributed by atoms with E-state index < -0.39 is 5.97 Å². The van der Waals surface area contributed by atoms with Gasteiger partial charge in [-0.25, -0.2) is 4.98 Å². The van der Waals surface area contributed by atoms with Crippen LogP contribution in [0.4, 0.5) is 0 Å². The predicted molar refractivity (Wildman–Crippen MR) is 119 cm³/mol. The number of ether oxygens (including phenoxy) is 1. The molecule has 0 radical (unpaired) electrons. The molecule has 1 heterocycles. The van der Waals surface area contributed by atoms with Crippen LogP contribution < -0.4 is 9.84 Å². The number of hydrogen-bond acceptors (Lipinski definition) is 4. The largest absolute Gasteiger partial charge is 0.543 e. The first-order chi connectivity index (χ1) is 14.6. The summed E-state index contributed by atoms with van der Waals surface area (Å²) in [6.07, 6.45) is 6.34. The average molecular weight is 465 g/mol. The van der Waals surface area contributed by atoms with E-state index in [0.717, 1.165) is 33.5 Å². The minimum absolute atomic E-state index is 0.0784. The van der Waals surface area contributed by atoms with Crippen LogP contribution in [-0.4, -0.2) is 17.6 Å². The Balaban J connectivity index is 1.71. The molecule has 0 atom stereocenters. The summed E-state index contributed by atoms with van der Waals surface area (Å²) in [6.45, 7) is 0.717. The molecule has 0 bridgehead atoms. The first kappa shape index (κ1) is 20.6. The highest BCUT2D eigenvalue weighted by molar-refractivity contribution is 9.10. The Bertz CT molecular complexity index is 1040. The zero-order chi connectivity index (χ0) is 20.9. The number of carboxylic acids is 1. The van der Waals surface area contributed by atoms with Crippen molar-refractivity contribution in [1.82, 2.24) is 4.98 Å². The number of carbonyl (C=O) groups excluding carboxylic acids is 1. The SMILES string of the molecule is O=C([O-])c1cccc(-c2ccccc2-c2cc(Br)ccc2OCC2CCCCC2)n1. The summed E-state index contributed by atoms with van der Waals surface area (Å²) in [5, 5.41) is 11.3. The van der Waals surface area contributed by atoms with Crippen LogP contribution in [0.2, 0.25) is 0 Å². The summed E-state index contributed by atoms with van der Waals surface area (Å²) in [5.41, 5.74) is 3.26. The summed E-state index contributed by atoms with van der Waals surface area (Å²) >= 11 is 3.58. The smallest absolute Gasteiger partial charge is 0.127 e. The van der Waals surface area contributed by atoms with Crippen molar-refractivity contribution in [1.29, 1.82) is 0 Å². The number of carbonyl (C=O) groups is 1. The van der Waals surface area contributed by atoms with E-state index in [1.54, 1.807) is 6.07 Å². The van der Waals surface area contributed by atoms with Crippen LogP contribution in [-0.2, 0) is 0 Å². The highest BCUT2D eigenvalue weighted by Crippen LogP contribution is 2.39. The predicted octanol–water partition coefficient (Wildman–Crippen LogP) is 5.50. The Hall–Kier alpha value is -2.66. The highest BCUT2D eigenvalue weighted by Gasteiger charge is 2.17. The van der Waals surface area contributed by atoms with Gasteiger partial charge in [0.15, 0.2) is 0 Å². The van der Waals surface area contributed by atoms with Crippen molar-refractivity contribution in [2.24, 2.45) is 5.92 Å². The van der Waals surface area contributed by atoms with Crippen molar-refractivity contribution in [3.05, 3.63) is 70.8 Å². The normalized spacial score (nSPS) is 14.4. The van der Waals surface area contributed by atoms with Gasteiger partial charge in [-0.15, -0.1) is 0 Å². The molecular formula is C25H23BrNO3-. The molecule has 1 saturated carbocycles. The van der Waals surface area contributed by atoms with Gasteiger partial charge in [0.05, 0.1) is 24.0 Å². The van der Waals surface area contributed by atoms with Gasteiger partial charge < -0.3 is 14.6 Å². The highest BCUT2D eigenvalue weighted by atomic mass is 79.9. The molecule has 0 N–H and O–H groups in total. The fourth-order valence-electron chi connectivity index (χ4n) is 4.04. The first-order valence-electron chi connectivity index (χ1n) is 10.3. The van der Waals surface area contributed by atoms with E-state index in [4.69, 9.17) is 4.74 Å². The average Bonchev–Trinajstić information content (AvgIpc) is 2.79. The van der Waals surface area contributed by atoms with Crippen molar-refractivity contribution in [3.8, 4) is 28.1 Å². The number of hydrogen-bond donors (Lipinski definition) is 0. The molecule has 4 nitrogen and oxygen atoms in total. The van der Waals surface area contributed by atoms with E-state index in [1.807, 2.05) is 48.5 Å². The number of pyridine rings is 1. The summed E-state index contributed by atoms with van der Waals surface area (Å²) in [6, 6.07) is 18.8. The second-order valence-electron chi connectivity index (χ2n) is 7.70.